The first-order valence-corrected chi connectivity index (χ1v) is 30.2. The molecule has 84 heavy (non-hydrogen) atoms. The highest BCUT2D eigenvalue weighted by molar-refractivity contribution is 5.79. The predicted octanol–water partition coefficient (Wildman–Crippen LogP) is -2.93. The lowest BCUT2D eigenvalue weighted by molar-refractivity contribution is -0.383. The van der Waals surface area contributed by atoms with Gasteiger partial charge >= 0.3 is 5.97 Å². The van der Waals surface area contributed by atoms with E-state index in [4.69, 9.17) is 47.4 Å². The number of aliphatic hydroxyl groups is 15. The highest BCUT2D eigenvalue weighted by Crippen LogP contribution is 2.76. The Balaban J connectivity index is 0.884. The second-order valence-corrected chi connectivity index (χ2v) is 27.9. The predicted molar refractivity (Wildman–Crippen MR) is 283 cm³/mol. The summed E-state index contributed by atoms with van der Waals surface area (Å²) in [6.45, 7) is 14.4. The highest BCUT2D eigenvalue weighted by Gasteiger charge is 2.72. The van der Waals surface area contributed by atoms with Gasteiger partial charge in [0.1, 0.15) is 104 Å². The summed E-state index contributed by atoms with van der Waals surface area (Å²) in [6, 6.07) is 0. The standard InChI is InChI=1S/C58H94O26/c1-23-11-16-58(52(73)84-50-43(72)39(68)36(65)29(80-50)22-77-47-41(70)38(67)35(64)28(19-59)79-47)18-17-55(6)25(46(58)57(23,8)74)9-10-31-54(5)14-13-32(53(3,4)30(54)12-15-56(31,55)7)81-51-45(83-49-42(71)37(66)33(62)24(2)78-49)44(27(61)21-76-51)82-48-40(69)34(63)26(60)20-75-48/h9,23-24,26-51,59-72,74H,10-22H2,1-8H3/t23-,24-,26+,27+,28-,29-,30+,31+,32+,33+,34-,35-,36-,37-,38-,39-,40-,41-,42-,43-,44-,45-,46-,47-,48+,49-,50+,51+,54+,55-,56-,57-,58+/m1/s1. The Labute approximate surface area is 488 Å². The van der Waals surface area contributed by atoms with Crippen LogP contribution in [0.15, 0.2) is 11.6 Å². The monoisotopic (exact) mass is 1210 g/mol. The molecule has 26 heteroatoms. The van der Waals surface area contributed by atoms with Crippen LogP contribution in [0.5, 0.6) is 0 Å². The van der Waals surface area contributed by atoms with Crippen molar-refractivity contribution >= 4 is 5.97 Å². The summed E-state index contributed by atoms with van der Waals surface area (Å²) in [5.74, 6) is -1.59. The van der Waals surface area contributed by atoms with Crippen molar-refractivity contribution in [2.45, 2.75) is 266 Å². The van der Waals surface area contributed by atoms with Gasteiger partial charge in [-0.1, -0.05) is 53.2 Å². The van der Waals surface area contributed by atoms with Crippen molar-refractivity contribution < 1.29 is 129 Å². The molecule has 5 aliphatic carbocycles. The van der Waals surface area contributed by atoms with Gasteiger partial charge in [-0.3, -0.25) is 4.79 Å². The molecule has 4 saturated carbocycles. The topological polar surface area (TPSA) is 413 Å². The zero-order valence-electron chi connectivity index (χ0n) is 49.1. The normalized spacial score (nSPS) is 55.8. The third kappa shape index (κ3) is 10.6. The second-order valence-electron chi connectivity index (χ2n) is 27.9. The number of esters is 1. The molecule has 10 rings (SSSR count). The number of ether oxygens (including phenoxy) is 10. The van der Waals surface area contributed by atoms with Crippen molar-refractivity contribution in [3.05, 3.63) is 11.6 Å². The lowest BCUT2D eigenvalue weighted by Crippen LogP contribution is -2.68. The van der Waals surface area contributed by atoms with Crippen LogP contribution in [-0.4, -0.2) is 262 Å². The van der Waals surface area contributed by atoms with Crippen LogP contribution in [0, 0.1) is 50.7 Å². The maximum atomic E-state index is 15.2. The van der Waals surface area contributed by atoms with E-state index in [2.05, 4.69) is 40.7 Å². The van der Waals surface area contributed by atoms with Crippen molar-refractivity contribution in [1.29, 1.82) is 0 Å². The summed E-state index contributed by atoms with van der Waals surface area (Å²) >= 11 is 0. The second kappa shape index (κ2) is 23.8. The first-order valence-electron chi connectivity index (χ1n) is 30.2. The minimum atomic E-state index is -1.92. The van der Waals surface area contributed by atoms with Crippen LogP contribution < -0.4 is 0 Å². The molecule has 26 nitrogen and oxygen atoms in total. The average Bonchev–Trinajstić information content (AvgIpc) is 0.728. The number of hydrogen-bond acceptors (Lipinski definition) is 26. The maximum absolute atomic E-state index is 15.2. The van der Waals surface area contributed by atoms with Gasteiger partial charge in [-0.15, -0.1) is 0 Å². The van der Waals surface area contributed by atoms with Gasteiger partial charge < -0.3 is 124 Å². The Kier molecular flexibility index (Phi) is 18.5. The van der Waals surface area contributed by atoms with Crippen LogP contribution in [0.4, 0.5) is 0 Å². The molecule has 0 aromatic heterocycles. The number of rotatable bonds is 12. The first kappa shape index (κ1) is 65.2. The van der Waals surface area contributed by atoms with E-state index >= 15 is 4.79 Å². The summed E-state index contributed by atoms with van der Waals surface area (Å²) in [7, 11) is 0. The van der Waals surface area contributed by atoms with Crippen molar-refractivity contribution in [3.8, 4) is 0 Å². The molecule has 5 saturated heterocycles. The third-order valence-electron chi connectivity index (χ3n) is 23.1. The van der Waals surface area contributed by atoms with E-state index in [1.807, 2.05) is 6.92 Å². The number of carbonyl (C=O) groups excluding carboxylic acids is 1. The van der Waals surface area contributed by atoms with E-state index in [0.29, 0.717) is 44.9 Å². The summed E-state index contributed by atoms with van der Waals surface area (Å²) in [5, 5.41) is 163. The van der Waals surface area contributed by atoms with Crippen molar-refractivity contribution in [2.75, 3.05) is 26.4 Å². The summed E-state index contributed by atoms with van der Waals surface area (Å²) in [4.78, 5) is 15.2. The summed E-state index contributed by atoms with van der Waals surface area (Å²) < 4.78 is 60.3. The molecule has 482 valence electrons. The fourth-order valence-corrected chi connectivity index (χ4v) is 17.5. The zero-order chi connectivity index (χ0) is 61.3. The molecular weight excluding hydrogens is 1110 g/mol. The third-order valence-corrected chi connectivity index (χ3v) is 23.1. The van der Waals surface area contributed by atoms with E-state index in [-0.39, 0.29) is 35.2 Å². The van der Waals surface area contributed by atoms with E-state index in [1.165, 1.54) is 6.92 Å². The van der Waals surface area contributed by atoms with Crippen LogP contribution in [0.2, 0.25) is 0 Å². The molecule has 0 spiro atoms. The molecule has 5 aliphatic heterocycles. The first-order chi connectivity index (χ1) is 39.3. The highest BCUT2D eigenvalue weighted by atomic mass is 16.8. The molecule has 0 amide bonds. The minimum Gasteiger partial charge on any atom is -0.432 e. The molecule has 10 aliphatic rings. The van der Waals surface area contributed by atoms with Crippen molar-refractivity contribution in [3.63, 3.8) is 0 Å². The molecule has 33 atom stereocenters. The number of fused-ring (bicyclic) bond motifs is 7. The maximum Gasteiger partial charge on any atom is 0.315 e. The summed E-state index contributed by atoms with van der Waals surface area (Å²) in [6.07, 6.45) is -29.7. The smallest absolute Gasteiger partial charge is 0.315 e. The molecule has 5 heterocycles. The Morgan fingerprint density at radius 1 is 0.571 bits per heavy atom. The van der Waals surface area contributed by atoms with Crippen LogP contribution in [-0.2, 0) is 52.2 Å². The summed E-state index contributed by atoms with van der Waals surface area (Å²) in [5.41, 5.74) is -3.54. The van der Waals surface area contributed by atoms with Crippen LogP contribution >= 0.6 is 0 Å². The van der Waals surface area contributed by atoms with Gasteiger partial charge in [0.05, 0.1) is 49.7 Å². The zero-order valence-corrected chi connectivity index (χ0v) is 49.1. The Morgan fingerprint density at radius 2 is 1.17 bits per heavy atom. The van der Waals surface area contributed by atoms with Crippen molar-refractivity contribution in [1.82, 2.24) is 0 Å². The van der Waals surface area contributed by atoms with E-state index in [9.17, 15) is 76.6 Å². The van der Waals surface area contributed by atoms with Gasteiger partial charge in [0.25, 0.3) is 0 Å². The molecule has 9 fully saturated rings. The number of carbonyl (C=O) groups is 1. The number of aliphatic hydroxyl groups excluding tert-OH is 14. The Hall–Kier alpha value is -1.75. The molecule has 0 aromatic carbocycles. The van der Waals surface area contributed by atoms with Gasteiger partial charge in [0.15, 0.2) is 25.2 Å². The van der Waals surface area contributed by atoms with Gasteiger partial charge in [-0.2, -0.15) is 0 Å². The molecular formula is C58H94O26. The van der Waals surface area contributed by atoms with Gasteiger partial charge in [0.2, 0.25) is 6.29 Å². The SMILES string of the molecule is C[C@@H]1CC[C@]2(C(=O)O[C@@H]3O[C@H](CO[C@@H]4O[C@H](CO)[C@@H](O)[C@@H](O)[C@H]4O)[C@@H](O)[C@@H](O)[C@H]3O)CC[C@]3(C)C(=CC[C@H]4[C@@]5(C)CC[C@H](O[C@@H]6OC[C@H](O)[C@@H](O[C@@H]7OC[C@H](O)[C@@H](O)[C@H]7O)[C@H]6O[C@H]6O[C@H](C)[C@H](O)[C@@H](O)[C@H]6O)C(C)(C)[C@@H]5CC[C@]43C)[C@@H]2[C@]1(C)O. The largest absolute Gasteiger partial charge is 0.432 e. The van der Waals surface area contributed by atoms with Crippen LogP contribution in [0.25, 0.3) is 0 Å². The Morgan fingerprint density at radius 3 is 1.86 bits per heavy atom. The van der Waals surface area contributed by atoms with Crippen molar-refractivity contribution in [2.24, 2.45) is 50.7 Å². The van der Waals surface area contributed by atoms with Gasteiger partial charge in [-0.25, -0.2) is 0 Å². The lowest BCUT2D eigenvalue weighted by Gasteiger charge is -2.72. The Bertz CT molecular complexity index is 2350. The molecule has 0 radical (unpaired) electrons. The van der Waals surface area contributed by atoms with Crippen LogP contribution in [0.1, 0.15) is 113 Å². The molecule has 15 N–H and O–H groups in total. The lowest BCUT2D eigenvalue weighted by atomic mass is 9.33. The quantitative estimate of drug-likeness (QED) is 0.0528. The average molecular weight is 1210 g/mol. The van der Waals surface area contributed by atoms with Gasteiger partial charge in [0, 0.05) is 5.92 Å². The van der Waals surface area contributed by atoms with E-state index in [0.717, 1.165) is 18.4 Å². The number of hydrogen-bond donors (Lipinski definition) is 15. The van der Waals surface area contributed by atoms with Crippen LogP contribution in [0.3, 0.4) is 0 Å². The molecule has 0 aromatic rings. The fourth-order valence-electron chi connectivity index (χ4n) is 17.5. The fraction of sp³-hybridized carbons (Fsp3) is 0.948. The van der Waals surface area contributed by atoms with E-state index in [1.54, 1.807) is 6.92 Å². The minimum absolute atomic E-state index is 0.0540. The van der Waals surface area contributed by atoms with E-state index < -0.39 is 201 Å². The van der Waals surface area contributed by atoms with Gasteiger partial charge in [-0.05, 0) is 111 Å². The number of allylic oxidation sites excluding steroid dienone is 1. The molecule has 0 unspecified atom stereocenters. The molecule has 0 bridgehead atoms.